The summed E-state index contributed by atoms with van der Waals surface area (Å²) in [7, 11) is 0. The van der Waals surface area contributed by atoms with Crippen LogP contribution in [0.5, 0.6) is 5.75 Å². The van der Waals surface area contributed by atoms with E-state index in [0.29, 0.717) is 34.8 Å². The Hall–Kier alpha value is -2.44. The van der Waals surface area contributed by atoms with Crippen molar-refractivity contribution in [3.63, 3.8) is 0 Å². The summed E-state index contributed by atoms with van der Waals surface area (Å²) in [5, 5.41) is 24.9. The third-order valence-electron chi connectivity index (χ3n) is 5.34. The first kappa shape index (κ1) is 15.8. The van der Waals surface area contributed by atoms with E-state index in [-0.39, 0.29) is 11.3 Å². The molecule has 6 nitrogen and oxygen atoms in total. The summed E-state index contributed by atoms with van der Waals surface area (Å²) in [6.07, 6.45) is 6.99. The number of nitrogens with zero attached hydrogens (tertiary/aromatic N) is 3. The molecule has 0 radical (unpaired) electrons. The second-order valence-corrected chi connectivity index (χ2v) is 7.50. The first-order valence-corrected chi connectivity index (χ1v) is 9.00. The number of fused-ring (bicyclic) bond motifs is 3. The molecule has 2 aliphatic rings. The highest BCUT2D eigenvalue weighted by atomic mass is 35.5. The molecule has 3 heterocycles. The summed E-state index contributed by atoms with van der Waals surface area (Å²) >= 11 is 5.95. The molecule has 2 fully saturated rings. The molecule has 132 valence electrons. The first-order valence-electron chi connectivity index (χ1n) is 8.63. The van der Waals surface area contributed by atoms with E-state index < -0.39 is 0 Å². The number of aromatic nitrogens is 3. The summed E-state index contributed by atoms with van der Waals surface area (Å²) in [5.74, 6) is 0.781. The SMILES string of the molecule is Oc1cc(Cl)ccc1-c1nnc(N[C@]23CCC(C2)OC3)c2cnccc12. The molecule has 1 unspecified atom stereocenters. The Balaban J connectivity index is 1.62. The lowest BCUT2D eigenvalue weighted by Gasteiger charge is -2.28. The van der Waals surface area contributed by atoms with Crippen LogP contribution in [0.3, 0.4) is 0 Å². The van der Waals surface area contributed by atoms with Crippen molar-refractivity contribution in [3.8, 4) is 17.0 Å². The highest BCUT2D eigenvalue weighted by Crippen LogP contribution is 2.42. The Kier molecular flexibility index (Phi) is 3.52. The molecule has 2 N–H and O–H groups in total. The molecular formula is C19H17ClN4O2. The van der Waals surface area contributed by atoms with Crippen LogP contribution in [-0.2, 0) is 4.74 Å². The summed E-state index contributed by atoms with van der Waals surface area (Å²) in [4.78, 5) is 4.26. The molecule has 1 saturated heterocycles. The number of ether oxygens (including phenoxy) is 1. The Morgan fingerprint density at radius 1 is 1.23 bits per heavy atom. The van der Waals surface area contributed by atoms with Crippen molar-refractivity contribution < 1.29 is 9.84 Å². The van der Waals surface area contributed by atoms with Crippen LogP contribution in [0.25, 0.3) is 22.0 Å². The fraction of sp³-hybridized carbons (Fsp3) is 0.316. The summed E-state index contributed by atoms with van der Waals surface area (Å²) in [5.41, 5.74) is 1.13. The summed E-state index contributed by atoms with van der Waals surface area (Å²) < 4.78 is 5.79. The van der Waals surface area contributed by atoms with Gasteiger partial charge in [-0.3, -0.25) is 4.98 Å². The Bertz CT molecular complexity index is 1000. The molecule has 1 aliphatic carbocycles. The van der Waals surface area contributed by atoms with Crippen molar-refractivity contribution in [2.24, 2.45) is 0 Å². The largest absolute Gasteiger partial charge is 0.507 e. The molecule has 1 aliphatic heterocycles. The molecule has 3 aromatic rings. The van der Waals surface area contributed by atoms with Gasteiger partial charge in [0.05, 0.1) is 18.2 Å². The highest BCUT2D eigenvalue weighted by Gasteiger charge is 2.46. The van der Waals surface area contributed by atoms with Crippen LogP contribution in [-0.4, -0.2) is 38.5 Å². The maximum absolute atomic E-state index is 10.3. The monoisotopic (exact) mass is 368 g/mol. The lowest BCUT2D eigenvalue weighted by molar-refractivity contribution is 0.0745. The molecule has 2 aromatic heterocycles. The molecule has 1 aromatic carbocycles. The zero-order valence-electron chi connectivity index (χ0n) is 13.9. The van der Waals surface area contributed by atoms with Gasteiger partial charge in [0, 0.05) is 33.8 Å². The van der Waals surface area contributed by atoms with Crippen LogP contribution in [0, 0.1) is 0 Å². The number of pyridine rings is 1. The van der Waals surface area contributed by atoms with E-state index in [1.807, 2.05) is 6.07 Å². The minimum Gasteiger partial charge on any atom is -0.507 e. The molecule has 0 amide bonds. The van der Waals surface area contributed by atoms with Gasteiger partial charge in [0.2, 0.25) is 0 Å². The topological polar surface area (TPSA) is 80.2 Å². The summed E-state index contributed by atoms with van der Waals surface area (Å²) in [6, 6.07) is 6.87. The van der Waals surface area contributed by atoms with Crippen LogP contribution in [0.15, 0.2) is 36.7 Å². The molecule has 2 bridgehead atoms. The number of phenolic OH excluding ortho intramolecular Hbond substituents is 1. The van der Waals surface area contributed by atoms with E-state index in [1.54, 1.807) is 24.5 Å². The average Bonchev–Trinajstić information content (AvgIpc) is 3.23. The van der Waals surface area contributed by atoms with Gasteiger partial charge in [-0.1, -0.05) is 11.6 Å². The van der Waals surface area contributed by atoms with Gasteiger partial charge in [0.1, 0.15) is 11.4 Å². The molecule has 1 saturated carbocycles. The normalized spacial score (nSPS) is 24.3. The van der Waals surface area contributed by atoms with Crippen molar-refractivity contribution in [2.45, 2.75) is 30.9 Å². The fourth-order valence-corrected chi connectivity index (χ4v) is 4.19. The van der Waals surface area contributed by atoms with E-state index in [0.717, 1.165) is 30.0 Å². The molecular weight excluding hydrogens is 352 g/mol. The van der Waals surface area contributed by atoms with Gasteiger partial charge in [-0.25, -0.2) is 0 Å². The zero-order valence-corrected chi connectivity index (χ0v) is 14.7. The quantitative estimate of drug-likeness (QED) is 0.732. The van der Waals surface area contributed by atoms with Crippen molar-refractivity contribution >= 4 is 28.2 Å². The third-order valence-corrected chi connectivity index (χ3v) is 5.57. The van der Waals surface area contributed by atoms with Crippen LogP contribution < -0.4 is 5.32 Å². The van der Waals surface area contributed by atoms with Gasteiger partial charge in [-0.2, -0.15) is 0 Å². The predicted octanol–water partition coefficient (Wildman–Crippen LogP) is 3.78. The van der Waals surface area contributed by atoms with Crippen molar-refractivity contribution in [1.29, 1.82) is 0 Å². The maximum Gasteiger partial charge on any atom is 0.158 e. The number of halogens is 1. The zero-order chi connectivity index (χ0) is 17.7. The second-order valence-electron chi connectivity index (χ2n) is 7.06. The number of aromatic hydroxyl groups is 1. The smallest absolute Gasteiger partial charge is 0.158 e. The van der Waals surface area contributed by atoms with Gasteiger partial charge in [0.25, 0.3) is 0 Å². The van der Waals surface area contributed by atoms with Gasteiger partial charge in [-0.15, -0.1) is 10.2 Å². The molecule has 26 heavy (non-hydrogen) atoms. The van der Waals surface area contributed by atoms with Crippen molar-refractivity contribution in [1.82, 2.24) is 15.2 Å². The minimum absolute atomic E-state index is 0.0634. The number of nitrogens with one attached hydrogen (secondary N) is 1. The van der Waals surface area contributed by atoms with Crippen molar-refractivity contribution in [3.05, 3.63) is 41.7 Å². The van der Waals surface area contributed by atoms with Gasteiger partial charge >= 0.3 is 0 Å². The van der Waals surface area contributed by atoms with E-state index in [9.17, 15) is 5.11 Å². The fourth-order valence-electron chi connectivity index (χ4n) is 4.02. The molecule has 0 spiro atoms. The first-order chi connectivity index (χ1) is 12.6. The third kappa shape index (κ3) is 2.48. The minimum atomic E-state index is -0.0634. The van der Waals surface area contributed by atoms with E-state index in [1.165, 1.54) is 6.07 Å². The van der Waals surface area contributed by atoms with Crippen LogP contribution >= 0.6 is 11.6 Å². The van der Waals surface area contributed by atoms with Crippen LogP contribution in [0.1, 0.15) is 19.3 Å². The predicted molar refractivity (Wildman–Crippen MR) is 99.4 cm³/mol. The lowest BCUT2D eigenvalue weighted by Crippen LogP contribution is -2.37. The number of benzene rings is 1. The van der Waals surface area contributed by atoms with Gasteiger partial charge in [0.15, 0.2) is 5.82 Å². The lowest BCUT2D eigenvalue weighted by atomic mass is 9.99. The summed E-state index contributed by atoms with van der Waals surface area (Å²) in [6.45, 7) is 0.695. The van der Waals surface area contributed by atoms with Crippen LogP contribution in [0.2, 0.25) is 5.02 Å². The standard InChI is InChI=1S/C19H17ClN4O2/c20-11-1-2-14(16(25)7-11)17-13-4-6-21-9-15(13)18(24-23-17)22-19-5-3-12(8-19)26-10-19/h1-2,4,6-7,9,12,25H,3,5,8,10H2,(H,22,24)/t12?,19-/m1/s1. The molecule has 7 heteroatoms. The van der Waals surface area contributed by atoms with E-state index in [2.05, 4.69) is 20.5 Å². The van der Waals surface area contributed by atoms with Gasteiger partial charge < -0.3 is 15.2 Å². The van der Waals surface area contributed by atoms with E-state index in [4.69, 9.17) is 16.3 Å². The number of phenols is 1. The maximum atomic E-state index is 10.3. The Morgan fingerprint density at radius 2 is 2.15 bits per heavy atom. The average molecular weight is 369 g/mol. The van der Waals surface area contributed by atoms with Crippen LogP contribution in [0.4, 0.5) is 5.82 Å². The number of rotatable bonds is 3. The number of hydrogen-bond acceptors (Lipinski definition) is 6. The Morgan fingerprint density at radius 3 is 2.88 bits per heavy atom. The number of hydrogen-bond donors (Lipinski definition) is 2. The highest BCUT2D eigenvalue weighted by molar-refractivity contribution is 6.30. The molecule has 5 rings (SSSR count). The van der Waals surface area contributed by atoms with E-state index >= 15 is 0 Å². The molecule has 2 atom stereocenters. The Labute approximate surface area is 155 Å². The number of anilines is 1. The van der Waals surface area contributed by atoms with Gasteiger partial charge in [-0.05, 0) is 43.5 Å². The second kappa shape index (κ2) is 5.79. The van der Waals surface area contributed by atoms with Crippen molar-refractivity contribution in [2.75, 3.05) is 11.9 Å².